The Morgan fingerprint density at radius 1 is 0.929 bits per heavy atom. The molecule has 0 heterocycles. The molecule has 5 heteroatoms. The topological polar surface area (TPSA) is 67.4 Å². The van der Waals surface area contributed by atoms with Gasteiger partial charge in [-0.3, -0.25) is 9.59 Å². The summed E-state index contributed by atoms with van der Waals surface area (Å²) in [6, 6.07) is 11.3. The van der Waals surface area contributed by atoms with Crippen LogP contribution in [0.5, 0.6) is 5.75 Å². The number of anilines is 2. The lowest BCUT2D eigenvalue weighted by Crippen LogP contribution is -2.36. The maximum Gasteiger partial charge on any atom is 0.240 e. The molecular weight excluding hydrogens is 352 g/mol. The van der Waals surface area contributed by atoms with Crippen molar-refractivity contribution in [2.75, 3.05) is 10.6 Å². The second kappa shape index (κ2) is 7.66. The van der Waals surface area contributed by atoms with Crippen LogP contribution in [0.15, 0.2) is 36.4 Å². The van der Waals surface area contributed by atoms with E-state index in [1.807, 2.05) is 58.9 Å². The number of rotatable bonds is 6. The first-order chi connectivity index (χ1) is 13.2. The number of aryl methyl sites for hydroxylation is 3. The predicted octanol–water partition coefficient (Wildman–Crippen LogP) is 4.76. The van der Waals surface area contributed by atoms with Gasteiger partial charge in [0.2, 0.25) is 11.8 Å². The monoisotopic (exact) mass is 380 g/mol. The molecule has 1 fully saturated rings. The van der Waals surface area contributed by atoms with Crippen LogP contribution in [-0.2, 0) is 9.59 Å². The van der Waals surface area contributed by atoms with E-state index in [0.29, 0.717) is 18.5 Å². The number of ether oxygens (including phenoxy) is 1. The molecule has 3 rings (SSSR count). The summed E-state index contributed by atoms with van der Waals surface area (Å²) in [6.45, 7) is 9.89. The Morgan fingerprint density at radius 3 is 1.96 bits per heavy atom. The van der Waals surface area contributed by atoms with Crippen LogP contribution in [0.25, 0.3) is 0 Å². The molecule has 0 spiro atoms. The van der Waals surface area contributed by atoms with E-state index >= 15 is 0 Å². The third-order valence-electron chi connectivity index (χ3n) is 5.02. The van der Waals surface area contributed by atoms with Crippen LogP contribution >= 0.6 is 0 Å². The maximum atomic E-state index is 12.9. The standard InChI is InChI=1S/C23H28N2O3/c1-14(2)28-19-8-6-18(7-9-19)24-21(26)23(10-11-23)22(27)25-20-16(4)12-15(3)13-17(20)5/h6-9,12-14H,10-11H2,1-5H3,(H,24,26)(H,25,27). The molecule has 2 aromatic rings. The smallest absolute Gasteiger partial charge is 0.240 e. The van der Waals surface area contributed by atoms with Crippen molar-refractivity contribution in [1.29, 1.82) is 0 Å². The highest BCUT2D eigenvalue weighted by Gasteiger charge is 2.56. The molecule has 1 saturated carbocycles. The van der Waals surface area contributed by atoms with E-state index in [1.54, 1.807) is 12.1 Å². The molecule has 1 aliphatic rings. The van der Waals surface area contributed by atoms with Gasteiger partial charge in [0, 0.05) is 11.4 Å². The van der Waals surface area contributed by atoms with E-state index in [-0.39, 0.29) is 17.9 Å². The zero-order chi connectivity index (χ0) is 20.5. The molecule has 2 N–H and O–H groups in total. The van der Waals surface area contributed by atoms with Crippen LogP contribution in [-0.4, -0.2) is 17.9 Å². The summed E-state index contributed by atoms with van der Waals surface area (Å²) in [4.78, 5) is 25.7. The SMILES string of the molecule is Cc1cc(C)c(NC(=O)C2(C(=O)Nc3ccc(OC(C)C)cc3)CC2)c(C)c1. The number of carbonyl (C=O) groups is 2. The fraction of sp³-hybridized carbons (Fsp3) is 0.391. The largest absolute Gasteiger partial charge is 0.491 e. The summed E-state index contributed by atoms with van der Waals surface area (Å²) >= 11 is 0. The van der Waals surface area contributed by atoms with Crippen LogP contribution < -0.4 is 15.4 Å². The molecule has 148 valence electrons. The average molecular weight is 380 g/mol. The Bertz CT molecular complexity index is 874. The normalized spacial score (nSPS) is 14.5. The summed E-state index contributed by atoms with van der Waals surface area (Å²) in [7, 11) is 0. The van der Waals surface area contributed by atoms with Gasteiger partial charge in [0.05, 0.1) is 6.10 Å². The molecule has 0 bridgehead atoms. The molecule has 0 aromatic heterocycles. The molecule has 0 unspecified atom stereocenters. The van der Waals surface area contributed by atoms with E-state index in [1.165, 1.54) is 0 Å². The van der Waals surface area contributed by atoms with Gasteiger partial charge in [-0.1, -0.05) is 17.7 Å². The number of nitrogens with one attached hydrogen (secondary N) is 2. The first kappa shape index (κ1) is 19.9. The molecule has 0 saturated heterocycles. The van der Waals surface area contributed by atoms with Crippen molar-refractivity contribution in [2.45, 2.75) is 53.6 Å². The van der Waals surface area contributed by atoms with Crippen LogP contribution in [0, 0.1) is 26.2 Å². The van der Waals surface area contributed by atoms with Crippen LogP contribution in [0.1, 0.15) is 43.4 Å². The second-order valence-electron chi connectivity index (χ2n) is 7.96. The first-order valence-electron chi connectivity index (χ1n) is 9.69. The van der Waals surface area contributed by atoms with E-state index in [0.717, 1.165) is 28.1 Å². The van der Waals surface area contributed by atoms with Gasteiger partial charge in [0.25, 0.3) is 0 Å². The third-order valence-corrected chi connectivity index (χ3v) is 5.02. The fourth-order valence-corrected chi connectivity index (χ4v) is 3.43. The maximum absolute atomic E-state index is 12.9. The van der Waals surface area contributed by atoms with Gasteiger partial charge in [-0.2, -0.15) is 0 Å². The Balaban J connectivity index is 1.69. The minimum absolute atomic E-state index is 0.0903. The number of carbonyl (C=O) groups excluding carboxylic acids is 2. The van der Waals surface area contributed by atoms with Gasteiger partial charge in [-0.15, -0.1) is 0 Å². The molecule has 5 nitrogen and oxygen atoms in total. The third kappa shape index (κ3) is 4.19. The van der Waals surface area contributed by atoms with Crippen molar-refractivity contribution in [2.24, 2.45) is 5.41 Å². The minimum Gasteiger partial charge on any atom is -0.491 e. The predicted molar refractivity (Wildman–Crippen MR) is 112 cm³/mol. The summed E-state index contributed by atoms with van der Waals surface area (Å²) in [6.07, 6.45) is 1.21. The summed E-state index contributed by atoms with van der Waals surface area (Å²) < 4.78 is 5.61. The Labute approximate surface area is 166 Å². The van der Waals surface area contributed by atoms with Crippen molar-refractivity contribution in [3.05, 3.63) is 53.1 Å². The second-order valence-corrected chi connectivity index (χ2v) is 7.96. The van der Waals surface area contributed by atoms with E-state index in [4.69, 9.17) is 4.74 Å². The summed E-state index contributed by atoms with van der Waals surface area (Å²) in [5, 5.41) is 5.86. The fourth-order valence-electron chi connectivity index (χ4n) is 3.43. The van der Waals surface area contributed by atoms with E-state index in [2.05, 4.69) is 10.6 Å². The first-order valence-corrected chi connectivity index (χ1v) is 9.69. The molecular formula is C23H28N2O3. The lowest BCUT2D eigenvalue weighted by Gasteiger charge is -2.18. The Kier molecular flexibility index (Phi) is 5.45. The minimum atomic E-state index is -0.989. The Hall–Kier alpha value is -2.82. The average Bonchev–Trinajstić information content (AvgIpc) is 3.41. The van der Waals surface area contributed by atoms with Crippen molar-refractivity contribution in [3.63, 3.8) is 0 Å². The molecule has 1 aliphatic carbocycles. The van der Waals surface area contributed by atoms with Gasteiger partial charge in [0.15, 0.2) is 0 Å². The van der Waals surface area contributed by atoms with Crippen LogP contribution in [0.3, 0.4) is 0 Å². The van der Waals surface area contributed by atoms with Crippen molar-refractivity contribution in [3.8, 4) is 5.75 Å². The molecule has 0 aliphatic heterocycles. The van der Waals surface area contributed by atoms with Crippen LogP contribution in [0.2, 0.25) is 0 Å². The van der Waals surface area contributed by atoms with Gasteiger partial charge >= 0.3 is 0 Å². The van der Waals surface area contributed by atoms with E-state index < -0.39 is 5.41 Å². The van der Waals surface area contributed by atoms with Crippen molar-refractivity contribution < 1.29 is 14.3 Å². The number of hydrogen-bond acceptors (Lipinski definition) is 3. The van der Waals surface area contributed by atoms with Crippen molar-refractivity contribution >= 4 is 23.2 Å². The molecule has 2 amide bonds. The van der Waals surface area contributed by atoms with Crippen molar-refractivity contribution in [1.82, 2.24) is 0 Å². The number of amides is 2. The zero-order valence-electron chi connectivity index (χ0n) is 17.2. The van der Waals surface area contributed by atoms with Gasteiger partial charge in [-0.05, 0) is 82.9 Å². The van der Waals surface area contributed by atoms with Gasteiger partial charge in [-0.25, -0.2) is 0 Å². The molecule has 28 heavy (non-hydrogen) atoms. The number of hydrogen-bond donors (Lipinski definition) is 2. The highest BCUT2D eigenvalue weighted by molar-refractivity contribution is 6.17. The van der Waals surface area contributed by atoms with Gasteiger partial charge < -0.3 is 15.4 Å². The lowest BCUT2D eigenvalue weighted by molar-refractivity contribution is -0.131. The lowest BCUT2D eigenvalue weighted by atomic mass is 10.0. The highest BCUT2D eigenvalue weighted by atomic mass is 16.5. The Morgan fingerprint density at radius 2 is 1.46 bits per heavy atom. The highest BCUT2D eigenvalue weighted by Crippen LogP contribution is 2.47. The number of benzene rings is 2. The molecule has 0 atom stereocenters. The summed E-state index contributed by atoms with van der Waals surface area (Å²) in [5.41, 5.74) is 3.62. The summed E-state index contributed by atoms with van der Waals surface area (Å²) in [5.74, 6) is 0.252. The zero-order valence-corrected chi connectivity index (χ0v) is 17.2. The molecule has 0 radical (unpaired) electrons. The van der Waals surface area contributed by atoms with Gasteiger partial charge in [0.1, 0.15) is 11.2 Å². The van der Waals surface area contributed by atoms with Crippen LogP contribution in [0.4, 0.5) is 11.4 Å². The molecule has 2 aromatic carbocycles. The quantitative estimate of drug-likeness (QED) is 0.710. The van der Waals surface area contributed by atoms with E-state index in [9.17, 15) is 9.59 Å².